The molecule has 0 saturated heterocycles. The van der Waals surface area contributed by atoms with Gasteiger partial charge in [-0.05, 0) is 74.4 Å². The van der Waals surface area contributed by atoms with Crippen molar-refractivity contribution in [2.24, 2.45) is 0 Å². The molecular formula is C34H50NO7P. The molecule has 0 bridgehead atoms. The summed E-state index contributed by atoms with van der Waals surface area (Å²) in [6, 6.07) is 12.6. The van der Waals surface area contributed by atoms with Gasteiger partial charge in [0.1, 0.15) is 11.5 Å². The van der Waals surface area contributed by atoms with Crippen LogP contribution in [0.2, 0.25) is 0 Å². The van der Waals surface area contributed by atoms with E-state index in [0.717, 1.165) is 44.1 Å². The van der Waals surface area contributed by atoms with Crippen LogP contribution in [0.4, 0.5) is 0 Å². The standard InChI is InChI=1S/C34H50NO7P/c1-3-4-5-6-7-8-9-10-11-12-13-14-15-16-20-33(36)35-30(27-43(38,39)40)25-28-21-23-31(24-22-28)42-34(37)29-18-17-19-32(26-29)41-2/h10-11,17-19,21-24,26,30H,3-9,12-16,20,25,27H2,1-2H3,(H,35,36)(H2,38,39,40)/b11-10-/t30-/m0/s1. The Morgan fingerprint density at radius 1 is 0.860 bits per heavy atom. The van der Waals surface area contributed by atoms with Crippen LogP contribution in [-0.4, -0.2) is 41.0 Å². The molecular weight excluding hydrogens is 565 g/mol. The largest absolute Gasteiger partial charge is 0.497 e. The highest BCUT2D eigenvalue weighted by Gasteiger charge is 2.23. The molecule has 1 atom stereocenters. The van der Waals surface area contributed by atoms with E-state index in [0.29, 0.717) is 23.5 Å². The lowest BCUT2D eigenvalue weighted by atomic mass is 10.1. The van der Waals surface area contributed by atoms with Crippen LogP contribution in [0.5, 0.6) is 11.5 Å². The fourth-order valence-electron chi connectivity index (χ4n) is 4.82. The minimum Gasteiger partial charge on any atom is -0.497 e. The highest BCUT2D eigenvalue weighted by Crippen LogP contribution is 2.35. The lowest BCUT2D eigenvalue weighted by Crippen LogP contribution is -2.39. The Bertz CT molecular complexity index is 1160. The van der Waals surface area contributed by atoms with Gasteiger partial charge in [-0.2, -0.15) is 0 Å². The number of nitrogens with one attached hydrogen (secondary N) is 1. The molecule has 0 aliphatic carbocycles. The van der Waals surface area contributed by atoms with Crippen LogP contribution < -0.4 is 14.8 Å². The van der Waals surface area contributed by atoms with Crippen molar-refractivity contribution in [3.8, 4) is 11.5 Å². The van der Waals surface area contributed by atoms with E-state index in [4.69, 9.17) is 9.47 Å². The maximum atomic E-state index is 12.6. The van der Waals surface area contributed by atoms with Crippen LogP contribution in [-0.2, 0) is 15.8 Å². The summed E-state index contributed by atoms with van der Waals surface area (Å²) in [7, 11) is -2.83. The average molecular weight is 616 g/mol. The van der Waals surface area contributed by atoms with Crippen molar-refractivity contribution in [2.45, 2.75) is 103 Å². The van der Waals surface area contributed by atoms with Crippen molar-refractivity contribution in [3.05, 3.63) is 71.8 Å². The third-order valence-corrected chi connectivity index (χ3v) is 8.08. The molecule has 43 heavy (non-hydrogen) atoms. The number of hydrogen-bond donors (Lipinski definition) is 3. The summed E-state index contributed by atoms with van der Waals surface area (Å²) in [5, 5.41) is 2.81. The first-order valence-electron chi connectivity index (χ1n) is 15.6. The van der Waals surface area contributed by atoms with Crippen LogP contribution in [0.15, 0.2) is 60.7 Å². The molecule has 0 fully saturated rings. The molecule has 0 aliphatic rings. The summed E-state index contributed by atoms with van der Waals surface area (Å²) in [6.07, 6.45) is 18.6. The van der Waals surface area contributed by atoms with Crippen molar-refractivity contribution in [3.63, 3.8) is 0 Å². The zero-order chi connectivity index (χ0) is 31.3. The number of amides is 1. The summed E-state index contributed by atoms with van der Waals surface area (Å²) < 4.78 is 22.3. The third-order valence-electron chi connectivity index (χ3n) is 7.16. The van der Waals surface area contributed by atoms with Crippen molar-refractivity contribution in [2.75, 3.05) is 13.3 Å². The van der Waals surface area contributed by atoms with Crippen molar-refractivity contribution in [1.82, 2.24) is 5.32 Å². The van der Waals surface area contributed by atoms with Crippen LogP contribution in [0.1, 0.15) is 106 Å². The van der Waals surface area contributed by atoms with E-state index in [1.165, 1.54) is 45.6 Å². The molecule has 238 valence electrons. The number of methoxy groups -OCH3 is 1. The summed E-state index contributed by atoms with van der Waals surface area (Å²) in [4.78, 5) is 44.1. The molecule has 0 radical (unpaired) electrons. The molecule has 0 heterocycles. The summed E-state index contributed by atoms with van der Waals surface area (Å²) >= 11 is 0. The van der Waals surface area contributed by atoms with Gasteiger partial charge in [-0.3, -0.25) is 9.36 Å². The second-order valence-electron chi connectivity index (χ2n) is 11.1. The number of hydrogen-bond acceptors (Lipinski definition) is 5. The lowest BCUT2D eigenvalue weighted by Gasteiger charge is -2.20. The quantitative estimate of drug-likeness (QED) is 0.0407. The molecule has 8 nitrogen and oxygen atoms in total. The minimum absolute atomic E-state index is 0.207. The monoisotopic (exact) mass is 615 g/mol. The summed E-state index contributed by atoms with van der Waals surface area (Å²) in [6.45, 7) is 2.24. The van der Waals surface area contributed by atoms with Gasteiger partial charge in [0.2, 0.25) is 5.91 Å². The number of carbonyl (C=O) groups is 2. The van der Waals surface area contributed by atoms with Crippen LogP contribution in [0.3, 0.4) is 0 Å². The topological polar surface area (TPSA) is 122 Å². The molecule has 2 aromatic carbocycles. The normalized spacial score (nSPS) is 12.3. The maximum Gasteiger partial charge on any atom is 0.343 e. The first-order valence-corrected chi connectivity index (χ1v) is 17.4. The highest BCUT2D eigenvalue weighted by molar-refractivity contribution is 7.51. The molecule has 2 aromatic rings. The Morgan fingerprint density at radius 3 is 2.12 bits per heavy atom. The van der Waals surface area contributed by atoms with E-state index < -0.39 is 25.8 Å². The third kappa shape index (κ3) is 17.1. The van der Waals surface area contributed by atoms with Gasteiger partial charge in [0.05, 0.1) is 18.8 Å². The smallest absolute Gasteiger partial charge is 0.343 e. The number of rotatable bonds is 22. The molecule has 0 unspecified atom stereocenters. The van der Waals surface area contributed by atoms with E-state index in [1.807, 2.05) is 0 Å². The first-order chi connectivity index (χ1) is 20.7. The molecule has 2 rings (SSSR count). The number of ether oxygens (including phenoxy) is 2. The van der Waals surface area contributed by atoms with E-state index >= 15 is 0 Å². The van der Waals surface area contributed by atoms with Gasteiger partial charge in [-0.25, -0.2) is 4.79 Å². The van der Waals surface area contributed by atoms with E-state index in [-0.39, 0.29) is 12.3 Å². The van der Waals surface area contributed by atoms with E-state index in [2.05, 4.69) is 24.4 Å². The van der Waals surface area contributed by atoms with Gasteiger partial charge in [0.15, 0.2) is 0 Å². The van der Waals surface area contributed by atoms with Gasteiger partial charge in [0, 0.05) is 12.5 Å². The van der Waals surface area contributed by atoms with Gasteiger partial charge in [0.25, 0.3) is 0 Å². The molecule has 0 aliphatic heterocycles. The fraction of sp³-hybridized carbons (Fsp3) is 0.529. The van der Waals surface area contributed by atoms with Gasteiger partial charge >= 0.3 is 13.6 Å². The molecule has 1 amide bonds. The first kappa shape index (κ1) is 36.3. The van der Waals surface area contributed by atoms with Crippen molar-refractivity contribution >= 4 is 19.5 Å². The van der Waals surface area contributed by atoms with Crippen LogP contribution in [0.25, 0.3) is 0 Å². The lowest BCUT2D eigenvalue weighted by molar-refractivity contribution is -0.121. The van der Waals surface area contributed by atoms with Gasteiger partial charge in [-0.1, -0.05) is 82.2 Å². The molecule has 0 saturated carbocycles. The summed E-state index contributed by atoms with van der Waals surface area (Å²) in [5.41, 5.74) is 1.10. The Balaban J connectivity index is 1.71. The predicted octanol–water partition coefficient (Wildman–Crippen LogP) is 7.77. The summed E-state index contributed by atoms with van der Waals surface area (Å²) in [5.74, 6) is 0.143. The number of allylic oxidation sites excluding steroid dienone is 2. The van der Waals surface area contributed by atoms with Gasteiger partial charge < -0.3 is 24.6 Å². The number of carbonyl (C=O) groups excluding carboxylic acids is 2. The number of unbranched alkanes of at least 4 members (excludes halogenated alkanes) is 10. The van der Waals surface area contributed by atoms with Crippen molar-refractivity contribution < 1.29 is 33.4 Å². The van der Waals surface area contributed by atoms with Gasteiger partial charge in [-0.15, -0.1) is 0 Å². The minimum atomic E-state index is -4.35. The highest BCUT2D eigenvalue weighted by atomic mass is 31.2. The predicted molar refractivity (Wildman–Crippen MR) is 172 cm³/mol. The number of benzene rings is 2. The Kier molecular flexibility index (Phi) is 17.6. The van der Waals surface area contributed by atoms with E-state index in [1.54, 1.807) is 48.5 Å². The van der Waals surface area contributed by atoms with Crippen LogP contribution in [0, 0.1) is 0 Å². The molecule has 0 aromatic heterocycles. The second-order valence-corrected chi connectivity index (χ2v) is 12.8. The Labute approximate surface area is 257 Å². The molecule has 0 spiro atoms. The van der Waals surface area contributed by atoms with E-state index in [9.17, 15) is 23.9 Å². The molecule has 9 heteroatoms. The maximum absolute atomic E-state index is 12.6. The van der Waals surface area contributed by atoms with Crippen LogP contribution >= 0.6 is 7.60 Å². The zero-order valence-corrected chi connectivity index (χ0v) is 26.7. The second kappa shape index (κ2) is 20.9. The Hall–Kier alpha value is -2.93. The molecule has 3 N–H and O–H groups in total. The number of esters is 1. The SMILES string of the molecule is CCCCCCCC/C=C\CCCCCCC(=O)N[C@@H](Cc1ccc(OC(=O)c2cccc(OC)c2)cc1)CP(=O)(O)O. The van der Waals surface area contributed by atoms with Crippen molar-refractivity contribution in [1.29, 1.82) is 0 Å². The Morgan fingerprint density at radius 2 is 1.49 bits per heavy atom. The fourth-order valence-corrected chi connectivity index (χ4v) is 5.62. The zero-order valence-electron chi connectivity index (χ0n) is 25.8. The average Bonchev–Trinajstić information content (AvgIpc) is 2.97.